The first-order valence-electron chi connectivity index (χ1n) is 12.3. The molecule has 2 aliphatic carbocycles. The average molecular weight is 409 g/mol. The van der Waals surface area contributed by atoms with E-state index in [1.54, 1.807) is 0 Å². The highest BCUT2D eigenvalue weighted by Crippen LogP contribution is 2.32. The molecule has 0 aliphatic heterocycles. The Kier molecular flexibility index (Phi) is 9.68. The maximum absolute atomic E-state index is 6.00. The Hall–Kier alpha value is -1.88. The Bertz CT molecular complexity index is 678. The zero-order valence-electron chi connectivity index (χ0n) is 19.1. The molecule has 0 spiro atoms. The van der Waals surface area contributed by atoms with E-state index in [9.17, 15) is 0 Å². The molecule has 2 heteroatoms. The Labute approximate surface area is 184 Å². The summed E-state index contributed by atoms with van der Waals surface area (Å²) in [5, 5.41) is 0. The molecule has 1 aromatic rings. The van der Waals surface area contributed by atoms with Gasteiger partial charge in [-0.2, -0.15) is 0 Å². The van der Waals surface area contributed by atoms with Gasteiger partial charge in [0.2, 0.25) is 0 Å². The van der Waals surface area contributed by atoms with Crippen molar-refractivity contribution in [2.75, 3.05) is 13.2 Å². The Morgan fingerprint density at radius 3 is 2.10 bits per heavy atom. The molecule has 2 saturated carbocycles. The molecule has 0 amide bonds. The summed E-state index contributed by atoms with van der Waals surface area (Å²) in [5.41, 5.74) is 0. The third kappa shape index (κ3) is 7.75. The highest BCUT2D eigenvalue weighted by Gasteiger charge is 2.20. The quantitative estimate of drug-likeness (QED) is 0.416. The lowest BCUT2D eigenvalue weighted by molar-refractivity contribution is 0.196. The van der Waals surface area contributed by atoms with Gasteiger partial charge in [-0.25, -0.2) is 0 Å². The zero-order chi connectivity index (χ0) is 21.0. The number of rotatable bonds is 8. The second-order valence-electron chi connectivity index (χ2n) is 9.15. The fourth-order valence-corrected chi connectivity index (χ4v) is 4.91. The van der Waals surface area contributed by atoms with E-state index >= 15 is 0 Å². The van der Waals surface area contributed by atoms with Crippen LogP contribution < -0.4 is 9.47 Å². The van der Waals surface area contributed by atoms with Crippen molar-refractivity contribution >= 4 is 0 Å². The minimum absolute atomic E-state index is 0.566. The maximum Gasteiger partial charge on any atom is 0.119 e. The van der Waals surface area contributed by atoms with Crippen LogP contribution in [0, 0.1) is 35.5 Å². The highest BCUT2D eigenvalue weighted by atomic mass is 16.5. The molecular weight excluding hydrogens is 368 g/mol. The van der Waals surface area contributed by atoms with Crippen LogP contribution in [0.2, 0.25) is 0 Å². The lowest BCUT2D eigenvalue weighted by atomic mass is 9.80. The van der Waals surface area contributed by atoms with Crippen molar-refractivity contribution in [3.63, 3.8) is 0 Å². The predicted molar refractivity (Wildman–Crippen MR) is 126 cm³/mol. The molecule has 2 nitrogen and oxygen atoms in total. The maximum atomic E-state index is 6.00. The summed E-state index contributed by atoms with van der Waals surface area (Å²) < 4.78 is 11.5. The van der Waals surface area contributed by atoms with Crippen molar-refractivity contribution < 1.29 is 9.47 Å². The summed E-state index contributed by atoms with van der Waals surface area (Å²) in [6.45, 7) is 5.82. The molecular formula is C28H40O2. The zero-order valence-corrected chi connectivity index (χ0v) is 19.1. The number of benzene rings is 1. The van der Waals surface area contributed by atoms with Gasteiger partial charge in [0.25, 0.3) is 0 Å². The minimum Gasteiger partial charge on any atom is -0.494 e. The molecule has 0 radical (unpaired) electrons. The van der Waals surface area contributed by atoms with Gasteiger partial charge >= 0.3 is 0 Å². The van der Waals surface area contributed by atoms with Gasteiger partial charge in [-0.15, -0.1) is 0 Å². The molecule has 0 saturated heterocycles. The molecule has 30 heavy (non-hydrogen) atoms. The second-order valence-corrected chi connectivity index (χ2v) is 9.15. The molecule has 164 valence electrons. The van der Waals surface area contributed by atoms with E-state index in [2.05, 4.69) is 30.9 Å². The third-order valence-corrected chi connectivity index (χ3v) is 6.79. The molecule has 2 aliphatic rings. The Morgan fingerprint density at radius 1 is 0.833 bits per heavy atom. The topological polar surface area (TPSA) is 18.5 Å². The summed E-state index contributed by atoms with van der Waals surface area (Å²) in [7, 11) is 0. The van der Waals surface area contributed by atoms with Gasteiger partial charge in [0.05, 0.1) is 13.2 Å². The monoisotopic (exact) mass is 408 g/mol. The van der Waals surface area contributed by atoms with Gasteiger partial charge < -0.3 is 9.47 Å². The van der Waals surface area contributed by atoms with E-state index < -0.39 is 0 Å². The van der Waals surface area contributed by atoms with Crippen molar-refractivity contribution in [2.45, 2.75) is 78.1 Å². The molecule has 3 rings (SSSR count). The van der Waals surface area contributed by atoms with Gasteiger partial charge in [0.1, 0.15) is 11.5 Å². The van der Waals surface area contributed by atoms with E-state index in [1.807, 2.05) is 31.2 Å². The second kappa shape index (κ2) is 12.7. The van der Waals surface area contributed by atoms with Crippen LogP contribution in [0.3, 0.4) is 0 Å². The lowest BCUT2D eigenvalue weighted by Crippen LogP contribution is -2.19. The van der Waals surface area contributed by atoms with E-state index in [1.165, 1.54) is 64.2 Å². The van der Waals surface area contributed by atoms with Crippen molar-refractivity contribution in [3.05, 3.63) is 36.4 Å². The van der Waals surface area contributed by atoms with Crippen molar-refractivity contribution in [2.24, 2.45) is 23.7 Å². The van der Waals surface area contributed by atoms with Crippen LogP contribution >= 0.6 is 0 Å². The van der Waals surface area contributed by atoms with Crippen LogP contribution in [0.1, 0.15) is 78.1 Å². The van der Waals surface area contributed by atoms with E-state index in [0.29, 0.717) is 18.4 Å². The van der Waals surface area contributed by atoms with Crippen LogP contribution in [0.15, 0.2) is 36.4 Å². The highest BCUT2D eigenvalue weighted by molar-refractivity contribution is 5.31. The molecule has 0 N–H and O–H groups in total. The first kappa shape index (κ1) is 22.8. The number of hydrogen-bond acceptors (Lipinski definition) is 2. The average Bonchev–Trinajstić information content (AvgIpc) is 2.78. The predicted octanol–water partition coefficient (Wildman–Crippen LogP) is 7.44. The molecule has 0 atom stereocenters. The summed E-state index contributed by atoms with van der Waals surface area (Å²) in [5.74, 6) is 11.7. The molecule has 0 aromatic heterocycles. The SMILES string of the molecule is CCCC1CCC(/C=C/C#CC2CCC(COc3ccc(OCC)cc3)CC2)CC1. The standard InChI is InChI=1S/C28H40O2/c1-3-7-23-10-12-24(13-11-23)8-5-6-9-25-14-16-26(17-15-25)22-30-28-20-18-27(19-21-28)29-4-2/h5,8,18-21,23-26H,3-4,7,10-17,22H2,1-2H3/b8-5+. The largest absolute Gasteiger partial charge is 0.494 e. The first-order valence-corrected chi connectivity index (χ1v) is 12.3. The van der Waals surface area contributed by atoms with Gasteiger partial charge in [-0.3, -0.25) is 0 Å². The normalized spacial score (nSPS) is 26.7. The summed E-state index contributed by atoms with van der Waals surface area (Å²) >= 11 is 0. The molecule has 0 bridgehead atoms. The van der Waals surface area contributed by atoms with Crippen molar-refractivity contribution in [1.82, 2.24) is 0 Å². The van der Waals surface area contributed by atoms with Gasteiger partial charge in [0, 0.05) is 5.92 Å². The molecule has 1 aromatic carbocycles. The Balaban J connectivity index is 1.31. The van der Waals surface area contributed by atoms with Crippen molar-refractivity contribution in [1.29, 1.82) is 0 Å². The fraction of sp³-hybridized carbons (Fsp3) is 0.643. The van der Waals surface area contributed by atoms with Crippen LogP contribution in [0.25, 0.3) is 0 Å². The van der Waals surface area contributed by atoms with E-state index in [-0.39, 0.29) is 0 Å². The molecule has 2 fully saturated rings. The van der Waals surface area contributed by atoms with Gasteiger partial charge in [0.15, 0.2) is 0 Å². The minimum atomic E-state index is 0.566. The summed E-state index contributed by atoms with van der Waals surface area (Å²) in [6, 6.07) is 7.97. The van der Waals surface area contributed by atoms with Crippen LogP contribution in [-0.4, -0.2) is 13.2 Å². The van der Waals surface area contributed by atoms with Crippen LogP contribution in [0.4, 0.5) is 0 Å². The molecule has 0 heterocycles. The smallest absolute Gasteiger partial charge is 0.119 e. The van der Waals surface area contributed by atoms with E-state index in [0.717, 1.165) is 29.9 Å². The third-order valence-electron chi connectivity index (χ3n) is 6.79. The Morgan fingerprint density at radius 2 is 1.47 bits per heavy atom. The van der Waals surface area contributed by atoms with Crippen LogP contribution in [-0.2, 0) is 0 Å². The first-order chi connectivity index (χ1) is 14.8. The van der Waals surface area contributed by atoms with Gasteiger partial charge in [-0.05, 0) is 106 Å². The van der Waals surface area contributed by atoms with Gasteiger partial charge in [-0.1, -0.05) is 37.7 Å². The number of hydrogen-bond donors (Lipinski definition) is 0. The van der Waals surface area contributed by atoms with E-state index in [4.69, 9.17) is 9.47 Å². The summed E-state index contributed by atoms with van der Waals surface area (Å²) in [4.78, 5) is 0. The summed E-state index contributed by atoms with van der Waals surface area (Å²) in [6.07, 6.45) is 17.7. The number of ether oxygens (including phenoxy) is 2. The van der Waals surface area contributed by atoms with Crippen LogP contribution in [0.5, 0.6) is 11.5 Å². The lowest BCUT2D eigenvalue weighted by Gasteiger charge is -2.26. The number of allylic oxidation sites excluding steroid dienone is 2. The fourth-order valence-electron chi connectivity index (χ4n) is 4.91. The van der Waals surface area contributed by atoms with Crippen molar-refractivity contribution in [3.8, 4) is 23.3 Å². The molecule has 0 unspecified atom stereocenters.